The number of hydrogen-bond acceptors (Lipinski definition) is 3. The fourth-order valence-electron chi connectivity index (χ4n) is 3.33. The van der Waals surface area contributed by atoms with Gasteiger partial charge in [-0.1, -0.05) is 12.8 Å². The Balaban J connectivity index is 1.72. The number of rotatable bonds is 4. The molecule has 0 aromatic carbocycles. The first-order valence-electron chi connectivity index (χ1n) is 7.00. The van der Waals surface area contributed by atoms with E-state index in [2.05, 4.69) is 4.74 Å². The van der Waals surface area contributed by atoms with Crippen LogP contribution in [0, 0.1) is 5.41 Å². The van der Waals surface area contributed by atoms with Crippen molar-refractivity contribution in [1.29, 1.82) is 0 Å². The molecule has 1 aliphatic heterocycles. The summed E-state index contributed by atoms with van der Waals surface area (Å²) < 4.78 is 4.57. The van der Waals surface area contributed by atoms with Crippen LogP contribution in [0.1, 0.15) is 51.4 Å². The molecule has 4 nitrogen and oxygen atoms in total. The van der Waals surface area contributed by atoms with E-state index in [9.17, 15) is 9.59 Å². The van der Waals surface area contributed by atoms with E-state index in [0.717, 1.165) is 13.1 Å². The molecule has 2 fully saturated rings. The molecule has 18 heavy (non-hydrogen) atoms. The van der Waals surface area contributed by atoms with Crippen molar-refractivity contribution in [2.75, 3.05) is 20.2 Å². The van der Waals surface area contributed by atoms with Gasteiger partial charge in [-0.3, -0.25) is 9.59 Å². The maximum Gasteiger partial charge on any atom is 0.305 e. The number of likely N-dealkylation sites (tertiary alicyclic amines) is 1. The molecular weight excluding hydrogens is 230 g/mol. The largest absolute Gasteiger partial charge is 0.469 e. The van der Waals surface area contributed by atoms with Crippen molar-refractivity contribution >= 4 is 11.9 Å². The summed E-state index contributed by atoms with van der Waals surface area (Å²) in [5.41, 5.74) is 0.442. The van der Waals surface area contributed by atoms with Crippen LogP contribution in [0.25, 0.3) is 0 Å². The number of carbonyl (C=O) groups excluding carboxylic acids is 2. The maximum atomic E-state index is 12.0. The first-order valence-corrected chi connectivity index (χ1v) is 7.00. The van der Waals surface area contributed by atoms with Gasteiger partial charge in [0.2, 0.25) is 5.91 Å². The van der Waals surface area contributed by atoms with Gasteiger partial charge in [0.15, 0.2) is 0 Å². The second-order valence-electron chi connectivity index (χ2n) is 5.70. The van der Waals surface area contributed by atoms with E-state index < -0.39 is 0 Å². The lowest BCUT2D eigenvalue weighted by atomic mass is 9.86. The van der Waals surface area contributed by atoms with Gasteiger partial charge in [-0.2, -0.15) is 0 Å². The fraction of sp³-hybridized carbons (Fsp3) is 0.857. The van der Waals surface area contributed by atoms with Gasteiger partial charge in [0.1, 0.15) is 0 Å². The van der Waals surface area contributed by atoms with Gasteiger partial charge in [-0.15, -0.1) is 0 Å². The molecule has 2 rings (SSSR count). The van der Waals surface area contributed by atoms with Crippen LogP contribution in [0.4, 0.5) is 0 Å². The SMILES string of the molecule is COC(=O)CCCC(=O)N1CCC2(CCCC2)C1. The number of ether oxygens (including phenoxy) is 1. The zero-order chi connectivity index (χ0) is 13.0. The van der Waals surface area contributed by atoms with Crippen LogP contribution in [0.2, 0.25) is 0 Å². The van der Waals surface area contributed by atoms with Crippen LogP contribution >= 0.6 is 0 Å². The standard InChI is InChI=1S/C14H23NO3/c1-18-13(17)6-4-5-12(16)15-10-9-14(11-15)7-2-3-8-14/h2-11H2,1H3. The van der Waals surface area contributed by atoms with Crippen LogP contribution in [-0.4, -0.2) is 37.0 Å². The Hall–Kier alpha value is -1.06. The molecule has 1 aliphatic carbocycles. The third-order valence-corrected chi connectivity index (χ3v) is 4.45. The first-order chi connectivity index (χ1) is 8.65. The topological polar surface area (TPSA) is 46.6 Å². The van der Waals surface area contributed by atoms with Crippen molar-refractivity contribution in [1.82, 2.24) is 4.90 Å². The van der Waals surface area contributed by atoms with E-state index in [1.165, 1.54) is 39.2 Å². The van der Waals surface area contributed by atoms with Crippen LogP contribution in [0.3, 0.4) is 0 Å². The number of amides is 1. The Morgan fingerprint density at radius 2 is 1.89 bits per heavy atom. The van der Waals surface area contributed by atoms with Crippen LogP contribution in [-0.2, 0) is 14.3 Å². The predicted molar refractivity (Wildman–Crippen MR) is 68.0 cm³/mol. The van der Waals surface area contributed by atoms with Crippen LogP contribution < -0.4 is 0 Å². The molecule has 4 heteroatoms. The lowest BCUT2D eigenvalue weighted by Crippen LogP contribution is -2.31. The quantitative estimate of drug-likeness (QED) is 0.721. The summed E-state index contributed by atoms with van der Waals surface area (Å²) in [7, 11) is 1.38. The summed E-state index contributed by atoms with van der Waals surface area (Å²) in [6.07, 6.45) is 7.84. The predicted octanol–water partition coefficient (Wildman–Crippen LogP) is 2.12. The van der Waals surface area contributed by atoms with Crippen molar-refractivity contribution in [3.8, 4) is 0 Å². The lowest BCUT2D eigenvalue weighted by Gasteiger charge is -2.23. The lowest BCUT2D eigenvalue weighted by molar-refractivity contribution is -0.140. The van der Waals surface area contributed by atoms with Crippen LogP contribution in [0.15, 0.2) is 0 Å². The molecule has 1 saturated carbocycles. The molecule has 0 aromatic rings. The van der Waals surface area contributed by atoms with E-state index in [1.807, 2.05) is 4.90 Å². The monoisotopic (exact) mass is 253 g/mol. The fourth-order valence-corrected chi connectivity index (χ4v) is 3.33. The van der Waals surface area contributed by atoms with Crippen molar-refractivity contribution in [2.24, 2.45) is 5.41 Å². The number of hydrogen-bond donors (Lipinski definition) is 0. The molecule has 1 heterocycles. The number of nitrogens with zero attached hydrogens (tertiary/aromatic N) is 1. The molecule has 0 aromatic heterocycles. The van der Waals surface area contributed by atoms with Gasteiger partial charge in [0.25, 0.3) is 0 Å². The molecule has 1 spiro atoms. The van der Waals surface area contributed by atoms with E-state index in [1.54, 1.807) is 0 Å². The summed E-state index contributed by atoms with van der Waals surface area (Å²) >= 11 is 0. The van der Waals surface area contributed by atoms with Gasteiger partial charge >= 0.3 is 5.97 Å². The molecule has 102 valence electrons. The third kappa shape index (κ3) is 3.03. The Morgan fingerprint density at radius 3 is 2.56 bits per heavy atom. The molecule has 1 amide bonds. The van der Waals surface area contributed by atoms with Crippen LogP contribution in [0.5, 0.6) is 0 Å². The summed E-state index contributed by atoms with van der Waals surface area (Å²) in [5, 5.41) is 0. The molecule has 0 unspecified atom stereocenters. The Labute approximate surface area is 109 Å². The van der Waals surface area contributed by atoms with Crippen molar-refractivity contribution in [3.05, 3.63) is 0 Å². The molecule has 0 bridgehead atoms. The molecule has 0 atom stereocenters. The van der Waals surface area contributed by atoms with Gasteiger partial charge < -0.3 is 9.64 Å². The number of methoxy groups -OCH3 is 1. The van der Waals surface area contributed by atoms with E-state index >= 15 is 0 Å². The minimum absolute atomic E-state index is 0.211. The van der Waals surface area contributed by atoms with Crippen molar-refractivity contribution in [3.63, 3.8) is 0 Å². The molecular formula is C14H23NO3. The second kappa shape index (κ2) is 5.72. The molecule has 1 saturated heterocycles. The number of esters is 1. The third-order valence-electron chi connectivity index (χ3n) is 4.45. The Kier molecular flexibility index (Phi) is 4.25. The van der Waals surface area contributed by atoms with Crippen molar-refractivity contribution in [2.45, 2.75) is 51.4 Å². The summed E-state index contributed by atoms with van der Waals surface area (Å²) in [5.74, 6) is -0.0147. The average Bonchev–Trinajstić information content (AvgIpc) is 3.00. The zero-order valence-electron chi connectivity index (χ0n) is 11.2. The highest BCUT2D eigenvalue weighted by Gasteiger charge is 2.41. The van der Waals surface area contributed by atoms with Gasteiger partial charge in [0.05, 0.1) is 7.11 Å². The van der Waals surface area contributed by atoms with E-state index in [0.29, 0.717) is 24.7 Å². The first kappa shape index (κ1) is 13.4. The van der Waals surface area contributed by atoms with Gasteiger partial charge in [-0.25, -0.2) is 0 Å². The maximum absolute atomic E-state index is 12.0. The van der Waals surface area contributed by atoms with E-state index in [4.69, 9.17) is 0 Å². The van der Waals surface area contributed by atoms with Gasteiger partial charge in [-0.05, 0) is 31.1 Å². The average molecular weight is 253 g/mol. The smallest absolute Gasteiger partial charge is 0.305 e. The zero-order valence-corrected chi connectivity index (χ0v) is 11.2. The highest BCUT2D eigenvalue weighted by atomic mass is 16.5. The summed E-state index contributed by atoms with van der Waals surface area (Å²) in [6, 6.07) is 0. The highest BCUT2D eigenvalue weighted by Crippen LogP contribution is 2.45. The molecule has 0 N–H and O–H groups in total. The van der Waals surface area contributed by atoms with Crippen molar-refractivity contribution < 1.29 is 14.3 Å². The highest BCUT2D eigenvalue weighted by molar-refractivity contribution is 5.77. The minimum atomic E-state index is -0.225. The molecule has 0 radical (unpaired) electrons. The summed E-state index contributed by atoms with van der Waals surface area (Å²) in [6.45, 7) is 1.86. The minimum Gasteiger partial charge on any atom is -0.469 e. The van der Waals surface area contributed by atoms with Gasteiger partial charge in [0, 0.05) is 25.9 Å². The number of carbonyl (C=O) groups is 2. The Bertz CT molecular complexity index is 321. The normalized spacial score (nSPS) is 21.5. The summed E-state index contributed by atoms with van der Waals surface area (Å²) in [4.78, 5) is 25.0. The molecule has 2 aliphatic rings. The second-order valence-corrected chi connectivity index (χ2v) is 5.70. The van der Waals surface area contributed by atoms with E-state index in [-0.39, 0.29) is 11.9 Å². The Morgan fingerprint density at radius 1 is 1.17 bits per heavy atom.